The van der Waals surface area contributed by atoms with Crippen LogP contribution in [0.2, 0.25) is 0 Å². The molecule has 2 aromatic carbocycles. The molecule has 1 N–H and O–H groups in total. The number of amides is 1. The van der Waals surface area contributed by atoms with Crippen molar-refractivity contribution in [3.8, 4) is 0 Å². The Kier molecular flexibility index (Phi) is 7.23. The van der Waals surface area contributed by atoms with Gasteiger partial charge in [-0.1, -0.05) is 24.3 Å². The van der Waals surface area contributed by atoms with Gasteiger partial charge in [-0.05, 0) is 56.3 Å². The third kappa shape index (κ3) is 5.98. The molecule has 0 bridgehead atoms. The largest absolute Gasteiger partial charge is 0.369 e. The van der Waals surface area contributed by atoms with Gasteiger partial charge in [-0.3, -0.25) is 9.10 Å². The van der Waals surface area contributed by atoms with E-state index < -0.39 is 16.1 Å². The molecule has 1 amide bonds. The van der Waals surface area contributed by atoms with Crippen LogP contribution in [0.25, 0.3) is 0 Å². The highest BCUT2D eigenvalue weighted by molar-refractivity contribution is 7.92. The van der Waals surface area contributed by atoms with Gasteiger partial charge in [0, 0.05) is 38.4 Å². The van der Waals surface area contributed by atoms with E-state index in [0.717, 1.165) is 43.6 Å². The normalized spacial score (nSPS) is 16.1. The minimum atomic E-state index is -3.62. The second-order valence-electron chi connectivity index (χ2n) is 8.25. The summed E-state index contributed by atoms with van der Waals surface area (Å²) < 4.78 is 26.0. The lowest BCUT2D eigenvalue weighted by Gasteiger charge is -2.34. The van der Waals surface area contributed by atoms with Gasteiger partial charge in [0.2, 0.25) is 15.9 Å². The van der Waals surface area contributed by atoms with Crippen LogP contribution in [0.4, 0.5) is 11.4 Å². The van der Waals surface area contributed by atoms with Crippen molar-refractivity contribution in [1.29, 1.82) is 0 Å². The average molecular weight is 445 g/mol. The summed E-state index contributed by atoms with van der Waals surface area (Å²) >= 11 is 0. The molecule has 1 aliphatic rings. The highest BCUT2D eigenvalue weighted by Gasteiger charge is 2.29. The van der Waals surface area contributed by atoms with Crippen molar-refractivity contribution in [2.75, 3.05) is 48.7 Å². The van der Waals surface area contributed by atoms with Crippen LogP contribution in [0.5, 0.6) is 0 Å². The Morgan fingerprint density at radius 1 is 1.10 bits per heavy atom. The van der Waals surface area contributed by atoms with Gasteiger partial charge in [-0.2, -0.15) is 0 Å². The van der Waals surface area contributed by atoms with E-state index in [1.165, 1.54) is 9.99 Å². The molecule has 31 heavy (non-hydrogen) atoms. The highest BCUT2D eigenvalue weighted by atomic mass is 32.2. The number of likely N-dealkylation sites (N-methyl/N-ethyl adjacent to an activating group) is 1. The van der Waals surface area contributed by atoms with E-state index >= 15 is 0 Å². The van der Waals surface area contributed by atoms with Crippen LogP contribution >= 0.6 is 0 Å². The minimum absolute atomic E-state index is 0.338. The molecular formula is C23H32N4O3S. The molecule has 168 valence electrons. The van der Waals surface area contributed by atoms with Crippen LogP contribution in [-0.2, 0) is 21.4 Å². The van der Waals surface area contributed by atoms with Crippen molar-refractivity contribution in [2.45, 2.75) is 26.4 Å². The van der Waals surface area contributed by atoms with Crippen LogP contribution < -0.4 is 14.5 Å². The fraction of sp³-hybridized carbons (Fsp3) is 0.435. The number of benzene rings is 2. The first-order valence-electron chi connectivity index (χ1n) is 10.5. The summed E-state index contributed by atoms with van der Waals surface area (Å²) in [6, 6.07) is 14.5. The maximum atomic E-state index is 12.8. The molecule has 1 aliphatic heterocycles. The number of piperazine rings is 1. The Labute approximate surface area is 185 Å². The van der Waals surface area contributed by atoms with E-state index in [0.29, 0.717) is 12.2 Å². The van der Waals surface area contributed by atoms with Gasteiger partial charge in [0.1, 0.15) is 6.04 Å². The molecule has 7 nitrogen and oxygen atoms in total. The summed E-state index contributed by atoms with van der Waals surface area (Å²) in [5.74, 6) is -0.338. The molecule has 2 aromatic rings. The second-order valence-corrected chi connectivity index (χ2v) is 10.1. The molecule has 3 rings (SSSR count). The number of nitrogens with zero attached hydrogens (tertiary/aromatic N) is 3. The van der Waals surface area contributed by atoms with Crippen LogP contribution in [0, 0.1) is 6.92 Å². The van der Waals surface area contributed by atoms with Crippen LogP contribution in [-0.4, -0.2) is 64.7 Å². The average Bonchev–Trinajstić information content (AvgIpc) is 2.72. The summed E-state index contributed by atoms with van der Waals surface area (Å²) in [5, 5.41) is 2.88. The topological polar surface area (TPSA) is 73.0 Å². The molecule has 8 heteroatoms. The van der Waals surface area contributed by atoms with Crippen molar-refractivity contribution in [3.63, 3.8) is 0 Å². The summed E-state index contributed by atoms with van der Waals surface area (Å²) in [7, 11) is -1.49. The van der Waals surface area contributed by atoms with Gasteiger partial charge >= 0.3 is 0 Å². The summed E-state index contributed by atoms with van der Waals surface area (Å²) in [6.07, 6.45) is 1.12. The number of carbonyl (C=O) groups is 1. The van der Waals surface area contributed by atoms with Gasteiger partial charge in [0.05, 0.1) is 11.9 Å². The van der Waals surface area contributed by atoms with Gasteiger partial charge < -0.3 is 15.1 Å². The molecule has 1 atom stereocenters. The van der Waals surface area contributed by atoms with Crippen LogP contribution in [0.1, 0.15) is 18.1 Å². The number of nitrogens with one attached hydrogen (secondary N) is 1. The summed E-state index contributed by atoms with van der Waals surface area (Å²) in [5.41, 5.74) is 3.57. The maximum Gasteiger partial charge on any atom is 0.243 e. The van der Waals surface area contributed by atoms with E-state index in [9.17, 15) is 13.2 Å². The number of carbonyl (C=O) groups excluding carboxylic acids is 1. The molecule has 1 fully saturated rings. The van der Waals surface area contributed by atoms with Crippen molar-refractivity contribution < 1.29 is 13.2 Å². The van der Waals surface area contributed by atoms with Crippen LogP contribution in [0.15, 0.2) is 48.5 Å². The number of sulfonamides is 1. The first kappa shape index (κ1) is 23.1. The molecule has 0 spiro atoms. The third-order valence-corrected chi connectivity index (χ3v) is 6.86. The number of anilines is 2. The van der Waals surface area contributed by atoms with Gasteiger partial charge in [0.25, 0.3) is 0 Å². The predicted molar refractivity (Wildman–Crippen MR) is 126 cm³/mol. The van der Waals surface area contributed by atoms with Crippen molar-refractivity contribution in [2.24, 2.45) is 0 Å². The Bertz CT molecular complexity index is 1000. The van der Waals surface area contributed by atoms with Crippen LogP contribution in [0.3, 0.4) is 0 Å². The standard InChI is InChI=1S/C23H32N4O3S/c1-18-6-5-7-22(16-18)27(31(4,29)30)19(2)23(28)24-17-20-8-10-21(11-9-20)26-14-12-25(3)13-15-26/h5-11,16,19H,12-15,17H2,1-4H3,(H,24,28)/t19-/m0/s1. The molecule has 0 radical (unpaired) electrons. The molecule has 0 saturated carbocycles. The summed E-state index contributed by atoms with van der Waals surface area (Å²) in [4.78, 5) is 17.5. The zero-order chi connectivity index (χ0) is 22.6. The molecule has 0 aliphatic carbocycles. The van der Waals surface area contributed by atoms with Gasteiger partial charge in [-0.25, -0.2) is 8.42 Å². The Morgan fingerprint density at radius 3 is 2.32 bits per heavy atom. The van der Waals surface area contributed by atoms with E-state index in [1.807, 2.05) is 25.1 Å². The van der Waals surface area contributed by atoms with Crippen molar-refractivity contribution >= 4 is 27.3 Å². The molecule has 1 saturated heterocycles. The molecular weight excluding hydrogens is 412 g/mol. The monoisotopic (exact) mass is 444 g/mol. The molecule has 1 heterocycles. The zero-order valence-corrected chi connectivity index (χ0v) is 19.5. The molecule has 0 aromatic heterocycles. The minimum Gasteiger partial charge on any atom is -0.369 e. The lowest BCUT2D eigenvalue weighted by Crippen LogP contribution is -2.47. The fourth-order valence-electron chi connectivity index (χ4n) is 3.80. The van der Waals surface area contributed by atoms with E-state index in [1.54, 1.807) is 25.1 Å². The smallest absolute Gasteiger partial charge is 0.243 e. The quantitative estimate of drug-likeness (QED) is 0.709. The number of hydrogen-bond donors (Lipinski definition) is 1. The Morgan fingerprint density at radius 2 is 1.74 bits per heavy atom. The van der Waals surface area contributed by atoms with Gasteiger partial charge in [-0.15, -0.1) is 0 Å². The first-order chi connectivity index (χ1) is 14.6. The summed E-state index contributed by atoms with van der Waals surface area (Å²) in [6.45, 7) is 7.95. The van der Waals surface area contributed by atoms with E-state index in [4.69, 9.17) is 0 Å². The highest BCUT2D eigenvalue weighted by Crippen LogP contribution is 2.22. The van der Waals surface area contributed by atoms with E-state index in [2.05, 4.69) is 34.3 Å². The Balaban J connectivity index is 1.63. The number of hydrogen-bond acceptors (Lipinski definition) is 5. The lowest BCUT2D eigenvalue weighted by atomic mass is 10.1. The maximum absolute atomic E-state index is 12.8. The second kappa shape index (κ2) is 9.70. The Hall–Kier alpha value is -2.58. The first-order valence-corrected chi connectivity index (χ1v) is 12.4. The van der Waals surface area contributed by atoms with E-state index in [-0.39, 0.29) is 5.91 Å². The lowest BCUT2D eigenvalue weighted by molar-refractivity contribution is -0.122. The number of rotatable bonds is 7. The van der Waals surface area contributed by atoms with Crippen molar-refractivity contribution in [3.05, 3.63) is 59.7 Å². The third-order valence-electron chi connectivity index (χ3n) is 5.62. The van der Waals surface area contributed by atoms with Gasteiger partial charge in [0.15, 0.2) is 0 Å². The predicted octanol–water partition coefficient (Wildman–Crippen LogP) is 2.22. The molecule has 0 unspecified atom stereocenters. The van der Waals surface area contributed by atoms with Crippen molar-refractivity contribution in [1.82, 2.24) is 10.2 Å². The fourth-order valence-corrected chi connectivity index (χ4v) is 4.97. The number of aryl methyl sites for hydroxylation is 1. The SMILES string of the molecule is Cc1cccc(N([C@@H](C)C(=O)NCc2ccc(N3CCN(C)CC3)cc2)S(C)(=O)=O)c1. The zero-order valence-electron chi connectivity index (χ0n) is 18.7.